The number of anilines is 1. The van der Waals surface area contributed by atoms with Crippen LogP contribution in [0.1, 0.15) is 42.9 Å². The predicted molar refractivity (Wildman–Crippen MR) is 139 cm³/mol. The molecule has 0 fully saturated rings. The van der Waals surface area contributed by atoms with Crippen LogP contribution in [0, 0.1) is 0 Å². The van der Waals surface area contributed by atoms with Crippen LogP contribution in [0.2, 0.25) is 0 Å². The van der Waals surface area contributed by atoms with Crippen LogP contribution in [0.4, 0.5) is 5.69 Å². The first-order chi connectivity index (χ1) is 17.6. The normalized spacial score (nSPS) is 16.1. The van der Waals surface area contributed by atoms with Crippen molar-refractivity contribution in [3.05, 3.63) is 102 Å². The number of rotatable bonds is 10. The van der Waals surface area contributed by atoms with Crippen LogP contribution < -0.4 is 10.4 Å². The van der Waals surface area contributed by atoms with Crippen molar-refractivity contribution in [2.45, 2.75) is 44.9 Å². The summed E-state index contributed by atoms with van der Waals surface area (Å²) in [5.41, 5.74) is 6.03. The molecule has 2 N–H and O–H groups in total. The van der Waals surface area contributed by atoms with E-state index < -0.39 is 18.1 Å². The van der Waals surface area contributed by atoms with Crippen molar-refractivity contribution < 1.29 is 19.5 Å². The van der Waals surface area contributed by atoms with E-state index in [0.717, 1.165) is 28.1 Å². The smallest absolute Gasteiger partial charge is 0.254 e. The third kappa shape index (κ3) is 6.05. The van der Waals surface area contributed by atoms with Crippen molar-refractivity contribution in [2.75, 3.05) is 11.4 Å². The van der Waals surface area contributed by atoms with Crippen LogP contribution in [0.15, 0.2) is 89.9 Å². The summed E-state index contributed by atoms with van der Waals surface area (Å²) in [7, 11) is 0. The number of benzene rings is 3. The maximum atomic E-state index is 13.9. The number of hydrogen-bond acceptors (Lipinski definition) is 5. The first-order valence-corrected chi connectivity index (χ1v) is 12.2. The number of nitrogens with zero attached hydrogens (tertiary/aromatic N) is 2. The molecular formula is C29H31N3O4. The monoisotopic (exact) mass is 485 g/mol. The summed E-state index contributed by atoms with van der Waals surface area (Å²) in [5.74, 6) is -0.575. The van der Waals surface area contributed by atoms with Gasteiger partial charge >= 0.3 is 0 Å². The molecule has 186 valence electrons. The molecule has 36 heavy (non-hydrogen) atoms. The molecule has 0 saturated heterocycles. The van der Waals surface area contributed by atoms with Crippen LogP contribution in [0.3, 0.4) is 0 Å². The van der Waals surface area contributed by atoms with Gasteiger partial charge < -0.3 is 9.64 Å². The first-order valence-electron chi connectivity index (χ1n) is 12.2. The zero-order valence-corrected chi connectivity index (χ0v) is 20.3. The summed E-state index contributed by atoms with van der Waals surface area (Å²) >= 11 is 0. The fourth-order valence-electron chi connectivity index (χ4n) is 4.32. The summed E-state index contributed by atoms with van der Waals surface area (Å²) in [6.45, 7) is 2.69. The number of hydrogen-bond donors (Lipinski definition) is 2. The zero-order chi connectivity index (χ0) is 25.3. The molecule has 0 aliphatic carbocycles. The highest BCUT2D eigenvalue weighted by molar-refractivity contribution is 6.20. The number of nitrogens with one attached hydrogen (secondary N) is 1. The standard InChI is InChI=1S/C29H31N3O4/c1-21(36-20-22-12-4-2-5-13-22)27-29(34)32(19-11-10-18-26(33)31-35)25-17-9-8-16-24(25)28(30-27)23-14-6-3-7-15-23/h2-9,12-17,21,27,35H,10-11,18-20H2,1H3,(H,31,33)/t21-,27+/m1/s1. The Hall–Kier alpha value is -3.81. The minimum atomic E-state index is -0.739. The van der Waals surface area contributed by atoms with Crippen LogP contribution in [0.5, 0.6) is 0 Å². The number of hydroxylamine groups is 1. The van der Waals surface area contributed by atoms with Gasteiger partial charge in [0.05, 0.1) is 24.1 Å². The molecule has 0 radical (unpaired) electrons. The molecular weight excluding hydrogens is 454 g/mol. The number of benzodiazepines with no additional fused rings is 1. The Kier molecular flexibility index (Phi) is 8.60. The van der Waals surface area contributed by atoms with Gasteiger partial charge in [-0.2, -0.15) is 0 Å². The van der Waals surface area contributed by atoms with E-state index in [0.29, 0.717) is 26.0 Å². The number of ether oxygens (including phenoxy) is 1. The van der Waals surface area contributed by atoms with Crippen molar-refractivity contribution in [3.8, 4) is 0 Å². The lowest BCUT2D eigenvalue weighted by Gasteiger charge is -2.27. The molecule has 4 rings (SSSR count). The van der Waals surface area contributed by atoms with Crippen molar-refractivity contribution in [1.29, 1.82) is 0 Å². The largest absolute Gasteiger partial charge is 0.371 e. The van der Waals surface area contributed by atoms with Gasteiger partial charge in [-0.15, -0.1) is 0 Å². The van der Waals surface area contributed by atoms with Crippen molar-refractivity contribution >= 4 is 23.2 Å². The highest BCUT2D eigenvalue weighted by Gasteiger charge is 2.35. The van der Waals surface area contributed by atoms with Crippen LogP contribution in [-0.4, -0.2) is 41.4 Å². The second kappa shape index (κ2) is 12.2. The molecule has 3 aromatic rings. The van der Waals surface area contributed by atoms with Gasteiger partial charge in [0.1, 0.15) is 0 Å². The van der Waals surface area contributed by atoms with Gasteiger partial charge in [0, 0.05) is 24.1 Å². The molecule has 1 heterocycles. The summed E-state index contributed by atoms with van der Waals surface area (Å²) < 4.78 is 6.16. The van der Waals surface area contributed by atoms with E-state index >= 15 is 0 Å². The Labute approximate surface area is 211 Å². The first kappa shape index (κ1) is 25.3. The van der Waals surface area contributed by atoms with Gasteiger partial charge in [-0.1, -0.05) is 78.9 Å². The lowest BCUT2D eigenvalue weighted by Crippen LogP contribution is -2.44. The summed E-state index contributed by atoms with van der Waals surface area (Å²) in [6, 6.07) is 26.8. The summed E-state index contributed by atoms with van der Waals surface area (Å²) in [5, 5.41) is 8.77. The summed E-state index contributed by atoms with van der Waals surface area (Å²) in [4.78, 5) is 32.1. The van der Waals surface area contributed by atoms with Crippen LogP contribution in [-0.2, 0) is 20.9 Å². The lowest BCUT2D eigenvalue weighted by atomic mass is 10.00. The number of unbranched alkanes of at least 4 members (excludes halogenated alkanes) is 1. The molecule has 0 unspecified atom stereocenters. The van der Waals surface area contributed by atoms with Gasteiger partial charge in [-0.3, -0.25) is 19.8 Å². The topological polar surface area (TPSA) is 91.2 Å². The molecule has 3 aromatic carbocycles. The highest BCUT2D eigenvalue weighted by Crippen LogP contribution is 2.30. The lowest BCUT2D eigenvalue weighted by molar-refractivity contribution is -0.129. The van der Waals surface area contributed by atoms with E-state index in [2.05, 4.69) is 0 Å². The highest BCUT2D eigenvalue weighted by atomic mass is 16.5. The molecule has 0 aromatic heterocycles. The number of carbonyl (C=O) groups is 2. The molecule has 7 nitrogen and oxygen atoms in total. The molecule has 0 bridgehead atoms. The molecule has 1 aliphatic heterocycles. The third-order valence-corrected chi connectivity index (χ3v) is 6.25. The van der Waals surface area contributed by atoms with E-state index in [1.54, 1.807) is 10.4 Å². The second-order valence-corrected chi connectivity index (χ2v) is 8.79. The quantitative estimate of drug-likeness (QED) is 0.251. The Bertz CT molecular complexity index is 1200. The van der Waals surface area contributed by atoms with Crippen molar-refractivity contribution in [3.63, 3.8) is 0 Å². The van der Waals surface area contributed by atoms with Gasteiger partial charge in [0.2, 0.25) is 5.91 Å². The van der Waals surface area contributed by atoms with Gasteiger partial charge in [0.25, 0.3) is 5.91 Å². The van der Waals surface area contributed by atoms with Crippen LogP contribution >= 0.6 is 0 Å². The van der Waals surface area contributed by atoms with E-state index in [-0.39, 0.29) is 12.3 Å². The summed E-state index contributed by atoms with van der Waals surface area (Å²) in [6.07, 6.45) is 0.857. The molecule has 0 spiro atoms. The molecule has 1 aliphatic rings. The average molecular weight is 486 g/mol. The van der Waals surface area contributed by atoms with E-state index in [1.807, 2.05) is 91.9 Å². The van der Waals surface area contributed by atoms with Crippen LogP contribution in [0.25, 0.3) is 0 Å². The second-order valence-electron chi connectivity index (χ2n) is 8.79. The maximum Gasteiger partial charge on any atom is 0.254 e. The van der Waals surface area contributed by atoms with Gasteiger partial charge in [0.15, 0.2) is 6.04 Å². The molecule has 2 amide bonds. The minimum absolute atomic E-state index is 0.138. The predicted octanol–water partition coefficient (Wildman–Crippen LogP) is 4.52. The van der Waals surface area contributed by atoms with E-state index in [9.17, 15) is 9.59 Å². The molecule has 7 heteroatoms. The molecule has 0 saturated carbocycles. The maximum absolute atomic E-state index is 13.9. The number of carbonyl (C=O) groups excluding carboxylic acids is 2. The van der Waals surface area contributed by atoms with Crippen molar-refractivity contribution in [1.82, 2.24) is 5.48 Å². The SMILES string of the molecule is C[C@@H](OCc1ccccc1)[C@@H]1N=C(c2ccccc2)c2ccccc2N(CCCCC(=O)NO)C1=O. The van der Waals surface area contributed by atoms with Gasteiger partial charge in [-0.25, -0.2) is 5.48 Å². The Morgan fingerprint density at radius 2 is 1.67 bits per heavy atom. The number of para-hydroxylation sites is 1. The Morgan fingerprint density at radius 3 is 2.39 bits per heavy atom. The number of aliphatic imine (C=N–C) groups is 1. The zero-order valence-electron chi connectivity index (χ0n) is 20.3. The average Bonchev–Trinajstić information content (AvgIpc) is 3.05. The Balaban J connectivity index is 1.66. The fraction of sp³-hybridized carbons (Fsp3) is 0.276. The number of amides is 2. The van der Waals surface area contributed by atoms with Gasteiger partial charge in [-0.05, 0) is 31.4 Å². The van der Waals surface area contributed by atoms with Crippen molar-refractivity contribution in [2.24, 2.45) is 4.99 Å². The number of fused-ring (bicyclic) bond motifs is 1. The van der Waals surface area contributed by atoms with E-state index in [4.69, 9.17) is 14.9 Å². The minimum Gasteiger partial charge on any atom is -0.371 e. The Morgan fingerprint density at radius 1 is 1.00 bits per heavy atom. The van der Waals surface area contributed by atoms with E-state index in [1.165, 1.54) is 0 Å². The molecule has 2 atom stereocenters. The fourth-order valence-corrected chi connectivity index (χ4v) is 4.32. The third-order valence-electron chi connectivity index (χ3n) is 6.25.